The predicted molar refractivity (Wildman–Crippen MR) is 73.5 cm³/mol. The first-order chi connectivity index (χ1) is 10.1. The van der Waals surface area contributed by atoms with Crippen LogP contribution in [0.2, 0.25) is 0 Å². The van der Waals surface area contributed by atoms with E-state index in [1.54, 1.807) is 31.5 Å². The molecule has 0 unspecified atom stereocenters. The number of nitro groups is 1. The van der Waals surface area contributed by atoms with E-state index in [1.807, 2.05) is 0 Å². The SMILES string of the molecule is C/C(=N/NC(=O)Cn1cc([N+](=O)[O-])cn1)c1ccncc1. The first kappa shape index (κ1) is 14.3. The monoisotopic (exact) mass is 288 g/mol. The lowest BCUT2D eigenvalue weighted by Crippen LogP contribution is -2.24. The van der Waals surface area contributed by atoms with Crippen LogP contribution in [0.1, 0.15) is 12.5 Å². The maximum atomic E-state index is 11.7. The van der Waals surface area contributed by atoms with Crippen molar-refractivity contribution in [3.8, 4) is 0 Å². The van der Waals surface area contributed by atoms with Crippen LogP contribution in [0.5, 0.6) is 0 Å². The molecule has 9 heteroatoms. The molecule has 0 saturated heterocycles. The zero-order valence-corrected chi connectivity index (χ0v) is 11.1. The van der Waals surface area contributed by atoms with E-state index in [0.29, 0.717) is 5.71 Å². The van der Waals surface area contributed by atoms with Gasteiger partial charge in [-0.05, 0) is 19.1 Å². The lowest BCUT2D eigenvalue weighted by atomic mass is 10.2. The molecule has 108 valence electrons. The smallest absolute Gasteiger partial charge is 0.271 e. The highest BCUT2D eigenvalue weighted by molar-refractivity contribution is 5.99. The number of hydrogen-bond acceptors (Lipinski definition) is 6. The Morgan fingerprint density at radius 1 is 1.48 bits per heavy atom. The van der Waals surface area contributed by atoms with Crippen LogP contribution in [-0.4, -0.2) is 31.3 Å². The molecule has 0 aliphatic carbocycles. The minimum atomic E-state index is -0.576. The number of carbonyl (C=O) groups is 1. The topological polar surface area (TPSA) is 115 Å². The third kappa shape index (κ3) is 3.93. The Hall–Kier alpha value is -3.10. The van der Waals surface area contributed by atoms with Gasteiger partial charge in [0, 0.05) is 18.0 Å². The number of aromatic nitrogens is 3. The van der Waals surface area contributed by atoms with E-state index in [9.17, 15) is 14.9 Å². The van der Waals surface area contributed by atoms with Crippen LogP contribution in [0.25, 0.3) is 0 Å². The number of pyridine rings is 1. The average Bonchev–Trinajstić information content (AvgIpc) is 2.94. The Labute approximate surface area is 119 Å². The molecule has 21 heavy (non-hydrogen) atoms. The van der Waals surface area contributed by atoms with Gasteiger partial charge in [-0.3, -0.25) is 24.6 Å². The molecule has 0 aliphatic heterocycles. The van der Waals surface area contributed by atoms with Gasteiger partial charge in [-0.1, -0.05) is 0 Å². The summed E-state index contributed by atoms with van der Waals surface area (Å²) >= 11 is 0. The van der Waals surface area contributed by atoms with Crippen LogP contribution in [0.3, 0.4) is 0 Å². The number of hydrogen-bond donors (Lipinski definition) is 1. The van der Waals surface area contributed by atoms with Gasteiger partial charge in [-0.15, -0.1) is 0 Å². The van der Waals surface area contributed by atoms with Crippen molar-refractivity contribution in [3.05, 3.63) is 52.6 Å². The third-order valence-corrected chi connectivity index (χ3v) is 2.58. The zero-order valence-electron chi connectivity index (χ0n) is 11.1. The maximum Gasteiger partial charge on any atom is 0.307 e. The summed E-state index contributed by atoms with van der Waals surface area (Å²) in [6.45, 7) is 1.59. The summed E-state index contributed by atoms with van der Waals surface area (Å²) in [5, 5.41) is 18.2. The highest BCUT2D eigenvalue weighted by Gasteiger charge is 2.10. The second kappa shape index (κ2) is 6.37. The van der Waals surface area contributed by atoms with E-state index in [-0.39, 0.29) is 12.2 Å². The van der Waals surface area contributed by atoms with Gasteiger partial charge in [0.05, 0.1) is 10.6 Å². The molecule has 0 fully saturated rings. The fourth-order valence-corrected chi connectivity index (χ4v) is 1.52. The summed E-state index contributed by atoms with van der Waals surface area (Å²) in [7, 11) is 0. The minimum Gasteiger partial charge on any atom is -0.271 e. The van der Waals surface area contributed by atoms with Gasteiger partial charge in [0.25, 0.3) is 5.91 Å². The molecule has 0 atom stereocenters. The van der Waals surface area contributed by atoms with E-state index in [2.05, 4.69) is 20.6 Å². The van der Waals surface area contributed by atoms with E-state index in [1.165, 1.54) is 10.9 Å². The van der Waals surface area contributed by atoms with Gasteiger partial charge < -0.3 is 0 Å². The molecule has 2 rings (SSSR count). The summed E-state index contributed by atoms with van der Waals surface area (Å²) in [6.07, 6.45) is 5.51. The number of carbonyl (C=O) groups excluding carboxylic acids is 1. The van der Waals surface area contributed by atoms with Gasteiger partial charge in [0.1, 0.15) is 18.9 Å². The van der Waals surface area contributed by atoms with Crippen molar-refractivity contribution in [2.45, 2.75) is 13.5 Å². The molecule has 0 saturated carbocycles. The van der Waals surface area contributed by atoms with Crippen molar-refractivity contribution in [1.82, 2.24) is 20.2 Å². The van der Waals surface area contributed by atoms with E-state index in [0.717, 1.165) is 11.8 Å². The zero-order chi connectivity index (χ0) is 15.2. The van der Waals surface area contributed by atoms with Crippen LogP contribution >= 0.6 is 0 Å². The van der Waals surface area contributed by atoms with Crippen LogP contribution in [0.15, 0.2) is 42.0 Å². The van der Waals surface area contributed by atoms with Crippen molar-refractivity contribution in [2.75, 3.05) is 0 Å². The molecule has 2 heterocycles. The molecule has 0 aromatic carbocycles. The first-order valence-corrected chi connectivity index (χ1v) is 5.96. The lowest BCUT2D eigenvalue weighted by molar-refractivity contribution is -0.385. The fourth-order valence-electron chi connectivity index (χ4n) is 1.52. The number of nitrogens with zero attached hydrogens (tertiary/aromatic N) is 5. The van der Waals surface area contributed by atoms with Crippen LogP contribution in [0, 0.1) is 10.1 Å². The molecular formula is C12H12N6O3. The summed E-state index contributed by atoms with van der Waals surface area (Å²) < 4.78 is 1.17. The Morgan fingerprint density at radius 3 is 2.81 bits per heavy atom. The molecule has 9 nitrogen and oxygen atoms in total. The molecule has 0 aliphatic rings. The average molecular weight is 288 g/mol. The number of rotatable bonds is 5. The second-order valence-electron chi connectivity index (χ2n) is 4.12. The lowest BCUT2D eigenvalue weighted by Gasteiger charge is -2.02. The first-order valence-electron chi connectivity index (χ1n) is 5.96. The van der Waals surface area contributed by atoms with E-state index < -0.39 is 10.8 Å². The molecule has 1 amide bonds. The normalized spacial score (nSPS) is 11.2. The molecular weight excluding hydrogens is 276 g/mol. The summed E-state index contributed by atoms with van der Waals surface area (Å²) in [4.78, 5) is 25.5. The second-order valence-corrected chi connectivity index (χ2v) is 4.12. The standard InChI is InChI=1S/C12H12N6O3/c1-9(10-2-4-13-5-3-10)15-16-12(19)8-17-7-11(6-14-17)18(20)21/h2-7H,8H2,1H3,(H,16,19)/b15-9-. The quantitative estimate of drug-likeness (QED) is 0.494. The molecule has 2 aromatic heterocycles. The summed E-state index contributed by atoms with van der Waals surface area (Å²) in [6, 6.07) is 3.53. The van der Waals surface area contributed by atoms with Crippen LogP contribution < -0.4 is 5.43 Å². The highest BCUT2D eigenvalue weighted by Crippen LogP contribution is 2.07. The predicted octanol–water partition coefficient (Wildman–Crippen LogP) is 0.727. The number of hydrazone groups is 1. The van der Waals surface area contributed by atoms with E-state index in [4.69, 9.17) is 0 Å². The molecule has 0 bridgehead atoms. The van der Waals surface area contributed by atoms with Gasteiger partial charge in [-0.2, -0.15) is 10.2 Å². The van der Waals surface area contributed by atoms with Gasteiger partial charge in [-0.25, -0.2) is 5.43 Å². The van der Waals surface area contributed by atoms with Gasteiger partial charge in [0.2, 0.25) is 0 Å². The number of amides is 1. The van der Waals surface area contributed by atoms with Gasteiger partial charge >= 0.3 is 5.69 Å². The van der Waals surface area contributed by atoms with Crippen LogP contribution in [-0.2, 0) is 11.3 Å². The van der Waals surface area contributed by atoms with Crippen molar-refractivity contribution in [1.29, 1.82) is 0 Å². The van der Waals surface area contributed by atoms with Crippen molar-refractivity contribution in [2.24, 2.45) is 5.10 Å². The summed E-state index contributed by atoms with van der Waals surface area (Å²) in [5.74, 6) is -0.429. The Morgan fingerprint density at radius 2 is 2.19 bits per heavy atom. The van der Waals surface area contributed by atoms with E-state index >= 15 is 0 Å². The minimum absolute atomic E-state index is 0.152. The maximum absolute atomic E-state index is 11.7. The molecule has 1 N–H and O–H groups in total. The molecule has 0 spiro atoms. The largest absolute Gasteiger partial charge is 0.307 e. The van der Waals surface area contributed by atoms with Gasteiger partial charge in [0.15, 0.2) is 0 Å². The highest BCUT2D eigenvalue weighted by atomic mass is 16.6. The third-order valence-electron chi connectivity index (χ3n) is 2.58. The Kier molecular flexibility index (Phi) is 4.34. The fraction of sp³-hybridized carbons (Fsp3) is 0.167. The Balaban J connectivity index is 1.94. The van der Waals surface area contributed by atoms with Crippen molar-refractivity contribution >= 4 is 17.3 Å². The Bertz CT molecular complexity index is 679. The van der Waals surface area contributed by atoms with Crippen molar-refractivity contribution in [3.63, 3.8) is 0 Å². The van der Waals surface area contributed by atoms with Crippen LogP contribution in [0.4, 0.5) is 5.69 Å². The summed E-state index contributed by atoms with van der Waals surface area (Å²) in [5.41, 5.74) is 3.65. The number of nitrogens with one attached hydrogen (secondary N) is 1. The van der Waals surface area contributed by atoms with Crippen molar-refractivity contribution < 1.29 is 9.72 Å². The molecule has 0 radical (unpaired) electrons. The molecule has 2 aromatic rings.